The molecule has 7 heteroatoms. The van der Waals surface area contributed by atoms with Crippen molar-refractivity contribution in [1.82, 2.24) is 10.3 Å². The number of ether oxygens (including phenoxy) is 2. The van der Waals surface area contributed by atoms with Crippen molar-refractivity contribution in [1.29, 1.82) is 0 Å². The largest absolute Gasteiger partial charge is 0.375 e. The third kappa shape index (κ3) is 4.53. The van der Waals surface area contributed by atoms with Gasteiger partial charge < -0.3 is 14.8 Å². The highest BCUT2D eigenvalue weighted by Crippen LogP contribution is 2.39. The van der Waals surface area contributed by atoms with Gasteiger partial charge in [0.1, 0.15) is 0 Å². The number of aromatic nitrogens is 1. The summed E-state index contributed by atoms with van der Waals surface area (Å²) in [4.78, 5) is 4.43. The third-order valence-corrected chi connectivity index (χ3v) is 5.05. The first kappa shape index (κ1) is 19.1. The summed E-state index contributed by atoms with van der Waals surface area (Å²) in [5.41, 5.74) is 1.09. The number of thiazole rings is 1. The van der Waals surface area contributed by atoms with Crippen molar-refractivity contribution in [3.05, 3.63) is 16.1 Å². The van der Waals surface area contributed by atoms with Gasteiger partial charge in [-0.05, 0) is 19.8 Å². The van der Waals surface area contributed by atoms with Gasteiger partial charge in [0, 0.05) is 24.4 Å². The molecule has 3 rings (SSSR count). The summed E-state index contributed by atoms with van der Waals surface area (Å²) in [6, 6.07) is 0. The van der Waals surface area contributed by atoms with Crippen molar-refractivity contribution < 1.29 is 9.47 Å². The van der Waals surface area contributed by atoms with Gasteiger partial charge in [0.05, 0.1) is 36.1 Å². The van der Waals surface area contributed by atoms with E-state index in [1.54, 1.807) is 11.3 Å². The first-order valence-corrected chi connectivity index (χ1v) is 8.00. The van der Waals surface area contributed by atoms with E-state index in [0.29, 0.717) is 12.5 Å². The molecule has 2 aliphatic rings. The molecule has 1 aromatic heterocycles. The summed E-state index contributed by atoms with van der Waals surface area (Å²) in [6.45, 7) is 6.25. The zero-order valence-electron chi connectivity index (χ0n) is 12.3. The zero-order chi connectivity index (χ0) is 13.1. The number of aryl methyl sites for hydroxylation is 1. The van der Waals surface area contributed by atoms with Crippen LogP contribution < -0.4 is 5.32 Å². The average molecular weight is 355 g/mol. The van der Waals surface area contributed by atoms with Gasteiger partial charge in [-0.3, -0.25) is 0 Å². The first-order chi connectivity index (χ1) is 9.28. The molecule has 21 heavy (non-hydrogen) atoms. The zero-order valence-corrected chi connectivity index (χ0v) is 14.7. The van der Waals surface area contributed by atoms with E-state index in [0.717, 1.165) is 37.0 Å². The quantitative estimate of drug-likeness (QED) is 0.902. The Hall–Kier alpha value is 0.0900. The molecule has 0 bridgehead atoms. The van der Waals surface area contributed by atoms with Gasteiger partial charge in [-0.15, -0.1) is 36.2 Å². The van der Waals surface area contributed by atoms with Crippen LogP contribution in [0.1, 0.15) is 30.0 Å². The number of nitrogens with one attached hydrogen (secondary N) is 1. The lowest BCUT2D eigenvalue weighted by Crippen LogP contribution is -2.52. The third-order valence-electron chi connectivity index (χ3n) is 4.22. The number of hydrogen-bond acceptors (Lipinski definition) is 5. The SMILES string of the molecule is Cc1nc(COC[C@@H]2CCC[C@@]23CNCCO3)cs1.Cl.Cl. The van der Waals surface area contributed by atoms with Crippen molar-refractivity contribution in [3.63, 3.8) is 0 Å². The maximum Gasteiger partial charge on any atom is 0.0898 e. The molecule has 122 valence electrons. The van der Waals surface area contributed by atoms with Crippen LogP contribution in [-0.4, -0.2) is 36.9 Å². The fourth-order valence-corrected chi connectivity index (χ4v) is 3.83. The normalized spacial score (nSPS) is 28.1. The van der Waals surface area contributed by atoms with Crippen LogP contribution in [0.2, 0.25) is 0 Å². The highest BCUT2D eigenvalue weighted by molar-refractivity contribution is 7.09. The van der Waals surface area contributed by atoms with Crippen LogP contribution in [0.15, 0.2) is 5.38 Å². The smallest absolute Gasteiger partial charge is 0.0898 e. The maximum atomic E-state index is 6.09. The average Bonchev–Trinajstić information content (AvgIpc) is 2.99. The van der Waals surface area contributed by atoms with Crippen molar-refractivity contribution in [3.8, 4) is 0 Å². The molecule has 1 aliphatic carbocycles. The Morgan fingerprint density at radius 3 is 3.05 bits per heavy atom. The molecule has 1 saturated carbocycles. The minimum Gasteiger partial charge on any atom is -0.375 e. The topological polar surface area (TPSA) is 43.4 Å². The molecule has 2 heterocycles. The molecule has 2 fully saturated rings. The Labute approximate surface area is 142 Å². The summed E-state index contributed by atoms with van der Waals surface area (Å²) < 4.78 is 12.0. The van der Waals surface area contributed by atoms with E-state index in [1.165, 1.54) is 19.3 Å². The molecule has 1 spiro atoms. The lowest BCUT2D eigenvalue weighted by molar-refractivity contribution is -0.108. The second-order valence-corrected chi connectivity index (χ2v) is 6.61. The van der Waals surface area contributed by atoms with Crippen LogP contribution in [-0.2, 0) is 16.1 Å². The number of morpholine rings is 1. The van der Waals surface area contributed by atoms with Crippen LogP contribution in [0.4, 0.5) is 0 Å². The Balaban J connectivity index is 0.00000110. The molecule has 0 aromatic carbocycles. The van der Waals surface area contributed by atoms with Gasteiger partial charge in [0.25, 0.3) is 0 Å². The summed E-state index contributed by atoms with van der Waals surface area (Å²) in [5, 5.41) is 6.66. The minimum absolute atomic E-state index is 0. The van der Waals surface area contributed by atoms with Crippen molar-refractivity contribution in [2.24, 2.45) is 5.92 Å². The molecule has 1 aromatic rings. The lowest BCUT2D eigenvalue weighted by Gasteiger charge is -2.39. The van der Waals surface area contributed by atoms with Gasteiger partial charge in [0.15, 0.2) is 0 Å². The summed E-state index contributed by atoms with van der Waals surface area (Å²) >= 11 is 1.68. The van der Waals surface area contributed by atoms with Crippen LogP contribution in [0.25, 0.3) is 0 Å². The van der Waals surface area contributed by atoms with E-state index < -0.39 is 0 Å². The lowest BCUT2D eigenvalue weighted by atomic mass is 9.90. The molecule has 2 atom stereocenters. The van der Waals surface area contributed by atoms with Crippen molar-refractivity contribution >= 4 is 36.2 Å². The molecular weight excluding hydrogens is 331 g/mol. The predicted octanol–water partition coefficient (Wildman–Crippen LogP) is 2.97. The Morgan fingerprint density at radius 2 is 2.38 bits per heavy atom. The monoisotopic (exact) mass is 354 g/mol. The molecular formula is C14H24Cl2N2O2S. The van der Waals surface area contributed by atoms with Gasteiger partial charge in [-0.25, -0.2) is 4.98 Å². The van der Waals surface area contributed by atoms with E-state index in [-0.39, 0.29) is 30.4 Å². The van der Waals surface area contributed by atoms with Gasteiger partial charge in [0.2, 0.25) is 0 Å². The fourth-order valence-electron chi connectivity index (χ4n) is 3.23. The number of rotatable bonds is 4. The van der Waals surface area contributed by atoms with Crippen LogP contribution in [0, 0.1) is 12.8 Å². The molecule has 0 radical (unpaired) electrons. The van der Waals surface area contributed by atoms with Gasteiger partial charge in [-0.2, -0.15) is 0 Å². The van der Waals surface area contributed by atoms with Crippen LogP contribution in [0.3, 0.4) is 0 Å². The summed E-state index contributed by atoms with van der Waals surface area (Å²) in [7, 11) is 0. The van der Waals surface area contributed by atoms with E-state index in [1.807, 2.05) is 6.92 Å². The highest BCUT2D eigenvalue weighted by atomic mass is 35.5. The van der Waals surface area contributed by atoms with Crippen molar-refractivity contribution in [2.75, 3.05) is 26.3 Å². The van der Waals surface area contributed by atoms with E-state index in [2.05, 4.69) is 15.7 Å². The predicted molar refractivity (Wildman–Crippen MR) is 89.9 cm³/mol. The Kier molecular flexibility index (Phi) is 7.88. The second-order valence-electron chi connectivity index (χ2n) is 5.55. The van der Waals surface area contributed by atoms with E-state index >= 15 is 0 Å². The van der Waals surface area contributed by atoms with Gasteiger partial charge >= 0.3 is 0 Å². The summed E-state index contributed by atoms with van der Waals surface area (Å²) in [6.07, 6.45) is 3.65. The first-order valence-electron chi connectivity index (χ1n) is 7.12. The van der Waals surface area contributed by atoms with Crippen LogP contribution >= 0.6 is 36.2 Å². The second kappa shape index (κ2) is 8.65. The number of nitrogens with zero attached hydrogens (tertiary/aromatic N) is 1. The maximum absolute atomic E-state index is 6.09. The molecule has 1 aliphatic heterocycles. The van der Waals surface area contributed by atoms with Crippen molar-refractivity contribution in [2.45, 2.75) is 38.4 Å². The highest BCUT2D eigenvalue weighted by Gasteiger charge is 2.44. The van der Waals surface area contributed by atoms with E-state index in [9.17, 15) is 0 Å². The molecule has 1 saturated heterocycles. The number of halogens is 2. The molecule has 4 nitrogen and oxygen atoms in total. The molecule has 0 amide bonds. The molecule has 1 N–H and O–H groups in total. The Morgan fingerprint density at radius 1 is 1.52 bits per heavy atom. The molecule has 0 unspecified atom stereocenters. The van der Waals surface area contributed by atoms with Gasteiger partial charge in [-0.1, -0.05) is 6.42 Å². The fraction of sp³-hybridized carbons (Fsp3) is 0.786. The standard InChI is InChI=1S/C14H22N2O2S.2ClH/c1-11-16-13(9-19-11)8-17-7-12-3-2-4-14(12)10-15-5-6-18-14;;/h9,12,15H,2-8,10H2,1H3;2*1H/t12-,14+;;/m0../s1. The van der Waals surface area contributed by atoms with E-state index in [4.69, 9.17) is 9.47 Å². The Bertz CT molecular complexity index is 425. The minimum atomic E-state index is 0. The number of hydrogen-bond donors (Lipinski definition) is 1. The summed E-state index contributed by atoms with van der Waals surface area (Å²) in [5.74, 6) is 0.528. The van der Waals surface area contributed by atoms with Crippen LogP contribution in [0.5, 0.6) is 0 Å².